The molecule has 0 saturated carbocycles. The van der Waals surface area contributed by atoms with Gasteiger partial charge in [0, 0.05) is 32.1 Å². The topological polar surface area (TPSA) is 32.3 Å². The van der Waals surface area contributed by atoms with Crippen LogP contribution in [0.25, 0.3) is 0 Å². The van der Waals surface area contributed by atoms with Crippen molar-refractivity contribution in [1.82, 2.24) is 10.2 Å². The van der Waals surface area contributed by atoms with Gasteiger partial charge in [-0.2, -0.15) is 0 Å². The van der Waals surface area contributed by atoms with Gasteiger partial charge in [0.2, 0.25) is 5.91 Å². The molecule has 1 aromatic rings. The maximum absolute atomic E-state index is 12.1. The number of piperazine rings is 1. The first-order valence-corrected chi connectivity index (χ1v) is 6.81. The molecule has 0 spiro atoms. The Labute approximate surface area is 109 Å². The molecule has 3 heteroatoms. The Bertz CT molecular complexity index is 377. The van der Waals surface area contributed by atoms with Gasteiger partial charge in [0.15, 0.2) is 0 Å². The zero-order valence-corrected chi connectivity index (χ0v) is 11.1. The SMILES string of the molecule is C[C@@H]1CNCCN1C(=O)CCCc1ccccc1. The molecule has 1 atom stereocenters. The average molecular weight is 246 g/mol. The van der Waals surface area contributed by atoms with E-state index in [1.165, 1.54) is 5.56 Å². The van der Waals surface area contributed by atoms with E-state index < -0.39 is 0 Å². The molecule has 1 heterocycles. The van der Waals surface area contributed by atoms with Crippen molar-refractivity contribution in [3.05, 3.63) is 35.9 Å². The van der Waals surface area contributed by atoms with Gasteiger partial charge in [0.05, 0.1) is 0 Å². The van der Waals surface area contributed by atoms with Crippen molar-refractivity contribution in [2.24, 2.45) is 0 Å². The highest BCUT2D eigenvalue weighted by Gasteiger charge is 2.21. The zero-order valence-electron chi connectivity index (χ0n) is 11.1. The van der Waals surface area contributed by atoms with Crippen LogP contribution < -0.4 is 5.32 Å². The highest BCUT2D eigenvalue weighted by atomic mass is 16.2. The minimum absolute atomic E-state index is 0.305. The number of nitrogens with zero attached hydrogens (tertiary/aromatic N) is 1. The number of nitrogens with one attached hydrogen (secondary N) is 1. The maximum atomic E-state index is 12.1. The molecule has 1 N–H and O–H groups in total. The van der Waals surface area contributed by atoms with Crippen LogP contribution in [0, 0.1) is 0 Å². The summed E-state index contributed by atoms with van der Waals surface area (Å²) < 4.78 is 0. The summed E-state index contributed by atoms with van der Waals surface area (Å²) in [4.78, 5) is 14.1. The maximum Gasteiger partial charge on any atom is 0.222 e. The fourth-order valence-corrected chi connectivity index (χ4v) is 2.44. The minimum Gasteiger partial charge on any atom is -0.337 e. The summed E-state index contributed by atoms with van der Waals surface area (Å²) >= 11 is 0. The zero-order chi connectivity index (χ0) is 12.8. The van der Waals surface area contributed by atoms with E-state index in [1.54, 1.807) is 0 Å². The van der Waals surface area contributed by atoms with Crippen LogP contribution >= 0.6 is 0 Å². The first-order chi connectivity index (χ1) is 8.77. The number of carbonyl (C=O) groups excluding carboxylic acids is 1. The van der Waals surface area contributed by atoms with E-state index in [1.807, 2.05) is 11.0 Å². The Morgan fingerprint density at radius 3 is 2.89 bits per heavy atom. The van der Waals surface area contributed by atoms with Gasteiger partial charge >= 0.3 is 0 Å². The van der Waals surface area contributed by atoms with Gasteiger partial charge < -0.3 is 10.2 Å². The molecule has 1 aromatic carbocycles. The fourth-order valence-electron chi connectivity index (χ4n) is 2.44. The predicted molar refractivity (Wildman–Crippen MR) is 73.4 cm³/mol. The second kappa shape index (κ2) is 6.55. The van der Waals surface area contributed by atoms with Crippen molar-refractivity contribution in [2.75, 3.05) is 19.6 Å². The Morgan fingerprint density at radius 1 is 1.39 bits per heavy atom. The molecule has 18 heavy (non-hydrogen) atoms. The quantitative estimate of drug-likeness (QED) is 0.879. The Hall–Kier alpha value is -1.35. The van der Waals surface area contributed by atoms with Crippen LogP contribution in [-0.4, -0.2) is 36.5 Å². The number of aryl methyl sites for hydroxylation is 1. The van der Waals surface area contributed by atoms with E-state index >= 15 is 0 Å². The third kappa shape index (κ3) is 3.57. The molecule has 0 aliphatic carbocycles. The van der Waals surface area contributed by atoms with Crippen LogP contribution in [0.2, 0.25) is 0 Å². The molecule has 2 rings (SSSR count). The average Bonchev–Trinajstić information content (AvgIpc) is 2.40. The molecule has 1 aliphatic rings. The molecular weight excluding hydrogens is 224 g/mol. The van der Waals surface area contributed by atoms with Crippen LogP contribution in [0.15, 0.2) is 30.3 Å². The second-order valence-corrected chi connectivity index (χ2v) is 4.98. The van der Waals surface area contributed by atoms with Gasteiger partial charge in [-0.15, -0.1) is 0 Å². The lowest BCUT2D eigenvalue weighted by atomic mass is 10.1. The number of benzene rings is 1. The lowest BCUT2D eigenvalue weighted by Gasteiger charge is -2.34. The molecule has 0 unspecified atom stereocenters. The molecule has 1 aliphatic heterocycles. The van der Waals surface area contributed by atoms with Gasteiger partial charge in [0.25, 0.3) is 0 Å². The van der Waals surface area contributed by atoms with Crippen LogP contribution in [0.1, 0.15) is 25.3 Å². The third-order valence-electron chi connectivity index (χ3n) is 3.52. The Balaban J connectivity index is 1.74. The monoisotopic (exact) mass is 246 g/mol. The van der Waals surface area contributed by atoms with E-state index in [4.69, 9.17) is 0 Å². The Morgan fingerprint density at radius 2 is 2.17 bits per heavy atom. The highest BCUT2D eigenvalue weighted by Crippen LogP contribution is 2.09. The standard InChI is InChI=1S/C15H22N2O/c1-13-12-16-10-11-17(13)15(18)9-5-8-14-6-3-2-4-7-14/h2-4,6-7,13,16H,5,8-12H2,1H3/t13-/m1/s1. The molecule has 0 aromatic heterocycles. The van der Waals surface area contributed by atoms with E-state index in [9.17, 15) is 4.79 Å². The van der Waals surface area contributed by atoms with Crippen molar-refractivity contribution < 1.29 is 4.79 Å². The van der Waals surface area contributed by atoms with Gasteiger partial charge in [0.1, 0.15) is 0 Å². The summed E-state index contributed by atoms with van der Waals surface area (Å²) in [6.07, 6.45) is 2.60. The summed E-state index contributed by atoms with van der Waals surface area (Å²) in [7, 11) is 0. The summed E-state index contributed by atoms with van der Waals surface area (Å²) in [5.74, 6) is 0.305. The van der Waals surface area contributed by atoms with Crippen molar-refractivity contribution in [3.8, 4) is 0 Å². The number of carbonyl (C=O) groups is 1. The molecule has 3 nitrogen and oxygen atoms in total. The van der Waals surface area contributed by atoms with Crippen molar-refractivity contribution in [1.29, 1.82) is 0 Å². The molecule has 1 amide bonds. The summed E-state index contributed by atoms with van der Waals surface area (Å²) in [5, 5.41) is 3.31. The van der Waals surface area contributed by atoms with Crippen molar-refractivity contribution in [3.63, 3.8) is 0 Å². The van der Waals surface area contributed by atoms with Crippen molar-refractivity contribution >= 4 is 5.91 Å². The van der Waals surface area contributed by atoms with Gasteiger partial charge in [-0.25, -0.2) is 0 Å². The smallest absolute Gasteiger partial charge is 0.222 e. The predicted octanol–water partition coefficient (Wildman–Crippen LogP) is 1.83. The third-order valence-corrected chi connectivity index (χ3v) is 3.52. The molecular formula is C15H22N2O. The normalized spacial score (nSPS) is 19.8. The highest BCUT2D eigenvalue weighted by molar-refractivity contribution is 5.76. The van der Waals surface area contributed by atoms with E-state index in [2.05, 4.69) is 36.5 Å². The molecule has 0 radical (unpaired) electrons. The summed E-state index contributed by atoms with van der Waals surface area (Å²) in [6.45, 7) is 4.81. The number of rotatable bonds is 4. The van der Waals surface area contributed by atoms with Crippen molar-refractivity contribution in [2.45, 2.75) is 32.2 Å². The van der Waals surface area contributed by atoms with E-state index in [-0.39, 0.29) is 0 Å². The van der Waals surface area contributed by atoms with Crippen LogP contribution in [0.5, 0.6) is 0 Å². The summed E-state index contributed by atoms with van der Waals surface area (Å²) in [5.41, 5.74) is 1.32. The lowest BCUT2D eigenvalue weighted by molar-refractivity contribution is -0.134. The fraction of sp³-hybridized carbons (Fsp3) is 0.533. The molecule has 1 saturated heterocycles. The first-order valence-electron chi connectivity index (χ1n) is 6.81. The first kappa shape index (κ1) is 13.1. The molecule has 98 valence electrons. The largest absolute Gasteiger partial charge is 0.337 e. The molecule has 0 bridgehead atoms. The number of hydrogen-bond donors (Lipinski definition) is 1. The van der Waals surface area contributed by atoms with Crippen LogP contribution in [-0.2, 0) is 11.2 Å². The van der Waals surface area contributed by atoms with Gasteiger partial charge in [-0.3, -0.25) is 4.79 Å². The minimum atomic E-state index is 0.305. The van der Waals surface area contributed by atoms with E-state index in [0.717, 1.165) is 32.5 Å². The van der Waals surface area contributed by atoms with Crippen LogP contribution in [0.4, 0.5) is 0 Å². The molecule has 1 fully saturated rings. The van der Waals surface area contributed by atoms with Gasteiger partial charge in [-0.1, -0.05) is 30.3 Å². The Kier molecular flexibility index (Phi) is 4.76. The van der Waals surface area contributed by atoms with E-state index in [0.29, 0.717) is 18.4 Å². The number of hydrogen-bond acceptors (Lipinski definition) is 2. The van der Waals surface area contributed by atoms with Crippen LogP contribution in [0.3, 0.4) is 0 Å². The lowest BCUT2D eigenvalue weighted by Crippen LogP contribution is -2.52. The summed E-state index contributed by atoms with van der Waals surface area (Å²) in [6, 6.07) is 10.7. The van der Waals surface area contributed by atoms with Gasteiger partial charge in [-0.05, 0) is 25.3 Å². The number of amides is 1. The second-order valence-electron chi connectivity index (χ2n) is 4.98.